The molecule has 1 amide bonds. The minimum atomic E-state index is -4.35. The summed E-state index contributed by atoms with van der Waals surface area (Å²) in [6, 6.07) is 6.98. The Hall–Kier alpha value is -2.55. The molecule has 0 spiro atoms. The number of thiophene rings is 1. The van der Waals surface area contributed by atoms with Crippen molar-refractivity contribution in [2.45, 2.75) is 25.7 Å². The maximum Gasteiger partial charge on any atom is 0.416 e. The minimum absolute atomic E-state index is 0.0191. The summed E-state index contributed by atoms with van der Waals surface area (Å²) in [5, 5.41) is 8.01. The summed E-state index contributed by atoms with van der Waals surface area (Å²) in [4.78, 5) is 19.6. The molecule has 0 aliphatic carbocycles. The number of benzene rings is 1. The molecular formula is C19H21F3N4OS. The summed E-state index contributed by atoms with van der Waals surface area (Å²) < 4.78 is 37.8. The molecule has 150 valence electrons. The zero-order valence-electron chi connectivity index (χ0n) is 15.3. The third-order valence-corrected chi connectivity index (χ3v) is 5.56. The molecule has 0 unspecified atom stereocenters. The molecule has 0 atom stereocenters. The SMILES string of the molecule is CN=C(NCC(=O)N1CCc2sccc2C1)NCc1ccc(C(F)(F)F)cc1. The Kier molecular flexibility index (Phi) is 6.23. The number of hydrogen-bond acceptors (Lipinski definition) is 3. The van der Waals surface area contributed by atoms with E-state index in [0.717, 1.165) is 18.6 Å². The van der Waals surface area contributed by atoms with Gasteiger partial charge in [-0.1, -0.05) is 12.1 Å². The second kappa shape index (κ2) is 8.64. The number of alkyl halides is 3. The topological polar surface area (TPSA) is 56.7 Å². The Labute approximate surface area is 165 Å². The highest BCUT2D eigenvalue weighted by molar-refractivity contribution is 7.10. The average molecular weight is 410 g/mol. The van der Waals surface area contributed by atoms with Gasteiger partial charge < -0.3 is 15.5 Å². The fourth-order valence-electron chi connectivity index (χ4n) is 2.95. The third-order valence-electron chi connectivity index (χ3n) is 4.53. The number of rotatable bonds is 4. The second-order valence-electron chi connectivity index (χ2n) is 6.41. The van der Waals surface area contributed by atoms with E-state index in [0.29, 0.717) is 31.2 Å². The van der Waals surface area contributed by atoms with E-state index in [1.807, 2.05) is 10.3 Å². The Morgan fingerprint density at radius 2 is 1.96 bits per heavy atom. The van der Waals surface area contributed by atoms with Gasteiger partial charge in [0, 0.05) is 31.6 Å². The molecule has 28 heavy (non-hydrogen) atoms. The van der Waals surface area contributed by atoms with Crippen LogP contribution in [-0.4, -0.2) is 36.9 Å². The van der Waals surface area contributed by atoms with Crippen molar-refractivity contribution in [3.05, 3.63) is 57.3 Å². The highest BCUT2D eigenvalue weighted by atomic mass is 32.1. The molecule has 1 aliphatic heterocycles. The maximum absolute atomic E-state index is 12.6. The number of hydrogen-bond donors (Lipinski definition) is 2. The van der Waals surface area contributed by atoms with Gasteiger partial charge in [-0.05, 0) is 41.1 Å². The minimum Gasteiger partial charge on any atom is -0.352 e. The lowest BCUT2D eigenvalue weighted by atomic mass is 10.1. The summed E-state index contributed by atoms with van der Waals surface area (Å²) in [7, 11) is 1.57. The van der Waals surface area contributed by atoms with Gasteiger partial charge >= 0.3 is 6.18 Å². The van der Waals surface area contributed by atoms with E-state index in [2.05, 4.69) is 21.7 Å². The summed E-state index contributed by atoms with van der Waals surface area (Å²) in [6.45, 7) is 1.72. The van der Waals surface area contributed by atoms with Crippen LogP contribution in [0.25, 0.3) is 0 Å². The highest BCUT2D eigenvalue weighted by Gasteiger charge is 2.29. The Bertz CT molecular complexity index is 846. The van der Waals surface area contributed by atoms with Crippen molar-refractivity contribution in [3.8, 4) is 0 Å². The van der Waals surface area contributed by atoms with E-state index in [1.165, 1.54) is 22.6 Å². The zero-order valence-corrected chi connectivity index (χ0v) is 16.2. The van der Waals surface area contributed by atoms with Gasteiger partial charge in [-0.15, -0.1) is 11.3 Å². The number of carbonyl (C=O) groups is 1. The van der Waals surface area contributed by atoms with Crippen LogP contribution in [0.2, 0.25) is 0 Å². The number of aliphatic imine (C=N–C) groups is 1. The molecule has 0 radical (unpaired) electrons. The molecule has 2 heterocycles. The maximum atomic E-state index is 12.6. The van der Waals surface area contributed by atoms with Crippen molar-refractivity contribution in [2.75, 3.05) is 20.1 Å². The van der Waals surface area contributed by atoms with Gasteiger partial charge in [0.15, 0.2) is 5.96 Å². The van der Waals surface area contributed by atoms with Gasteiger partial charge in [0.25, 0.3) is 0 Å². The zero-order chi connectivity index (χ0) is 20.1. The first-order chi connectivity index (χ1) is 13.4. The molecule has 3 rings (SSSR count). The van der Waals surface area contributed by atoms with Crippen molar-refractivity contribution in [1.82, 2.24) is 15.5 Å². The number of nitrogens with zero attached hydrogens (tertiary/aromatic N) is 2. The van der Waals surface area contributed by atoms with E-state index >= 15 is 0 Å². The smallest absolute Gasteiger partial charge is 0.352 e. The Morgan fingerprint density at radius 3 is 2.64 bits per heavy atom. The molecule has 9 heteroatoms. The molecule has 0 fully saturated rings. The van der Waals surface area contributed by atoms with Crippen molar-refractivity contribution in [2.24, 2.45) is 4.99 Å². The molecular weight excluding hydrogens is 389 g/mol. The van der Waals surface area contributed by atoms with Crippen LogP contribution in [0.4, 0.5) is 13.2 Å². The van der Waals surface area contributed by atoms with E-state index in [-0.39, 0.29) is 12.5 Å². The van der Waals surface area contributed by atoms with Crippen LogP contribution in [0.1, 0.15) is 21.6 Å². The summed E-state index contributed by atoms with van der Waals surface area (Å²) in [5.41, 5.74) is 1.21. The van der Waals surface area contributed by atoms with Crippen molar-refractivity contribution < 1.29 is 18.0 Å². The number of fused-ring (bicyclic) bond motifs is 1. The lowest BCUT2D eigenvalue weighted by molar-refractivity contribution is -0.137. The van der Waals surface area contributed by atoms with Crippen LogP contribution >= 0.6 is 11.3 Å². The van der Waals surface area contributed by atoms with Crippen LogP contribution < -0.4 is 10.6 Å². The molecule has 2 aromatic rings. The van der Waals surface area contributed by atoms with Gasteiger partial charge in [-0.2, -0.15) is 13.2 Å². The van der Waals surface area contributed by atoms with E-state index in [4.69, 9.17) is 0 Å². The van der Waals surface area contributed by atoms with E-state index in [9.17, 15) is 18.0 Å². The van der Waals surface area contributed by atoms with Crippen molar-refractivity contribution >= 4 is 23.2 Å². The van der Waals surface area contributed by atoms with E-state index < -0.39 is 11.7 Å². The first-order valence-corrected chi connectivity index (χ1v) is 9.68. The molecule has 1 aromatic carbocycles. The Balaban J connectivity index is 1.46. The summed E-state index contributed by atoms with van der Waals surface area (Å²) in [6.07, 6.45) is -3.47. The first-order valence-electron chi connectivity index (χ1n) is 8.80. The summed E-state index contributed by atoms with van der Waals surface area (Å²) >= 11 is 1.72. The van der Waals surface area contributed by atoms with E-state index in [1.54, 1.807) is 18.4 Å². The predicted molar refractivity (Wildman–Crippen MR) is 103 cm³/mol. The molecule has 0 saturated heterocycles. The number of halogens is 3. The molecule has 0 bridgehead atoms. The van der Waals surface area contributed by atoms with Gasteiger partial charge in [-0.25, -0.2) is 0 Å². The molecule has 1 aliphatic rings. The van der Waals surface area contributed by atoms with Gasteiger partial charge in [0.2, 0.25) is 5.91 Å². The van der Waals surface area contributed by atoms with Crippen LogP contribution in [-0.2, 0) is 30.5 Å². The average Bonchev–Trinajstić information content (AvgIpc) is 3.15. The van der Waals surface area contributed by atoms with Gasteiger partial charge in [0.1, 0.15) is 0 Å². The second-order valence-corrected chi connectivity index (χ2v) is 7.41. The van der Waals surface area contributed by atoms with Crippen molar-refractivity contribution in [1.29, 1.82) is 0 Å². The fourth-order valence-corrected chi connectivity index (χ4v) is 3.84. The lowest BCUT2D eigenvalue weighted by Crippen LogP contribution is -2.45. The van der Waals surface area contributed by atoms with Gasteiger partial charge in [0.05, 0.1) is 12.1 Å². The summed E-state index contributed by atoms with van der Waals surface area (Å²) in [5.74, 6) is 0.399. The largest absolute Gasteiger partial charge is 0.416 e. The number of amides is 1. The third kappa shape index (κ3) is 5.03. The molecule has 0 saturated carbocycles. The quantitative estimate of drug-likeness (QED) is 0.602. The first kappa shape index (κ1) is 20.2. The Morgan fingerprint density at radius 1 is 1.21 bits per heavy atom. The number of guanidine groups is 1. The highest BCUT2D eigenvalue weighted by Crippen LogP contribution is 2.29. The number of carbonyl (C=O) groups excluding carboxylic acids is 1. The molecule has 5 nitrogen and oxygen atoms in total. The van der Waals surface area contributed by atoms with Crippen molar-refractivity contribution in [3.63, 3.8) is 0 Å². The van der Waals surface area contributed by atoms with Crippen LogP contribution in [0.5, 0.6) is 0 Å². The van der Waals surface area contributed by atoms with Gasteiger partial charge in [-0.3, -0.25) is 9.79 Å². The standard InChI is InChI=1S/C19H21F3N4OS/c1-23-18(24-10-13-2-4-15(5-3-13)19(20,21)22)25-11-17(27)26-8-6-16-14(12-26)7-9-28-16/h2-5,7,9H,6,8,10-12H2,1H3,(H2,23,24,25). The monoisotopic (exact) mass is 410 g/mol. The molecule has 1 aromatic heterocycles. The fraction of sp³-hybridized carbons (Fsp3) is 0.368. The lowest BCUT2D eigenvalue weighted by Gasteiger charge is -2.27. The number of nitrogens with one attached hydrogen (secondary N) is 2. The van der Waals surface area contributed by atoms with Crippen LogP contribution in [0.3, 0.4) is 0 Å². The predicted octanol–water partition coefficient (Wildman–Crippen LogP) is 3.02. The normalized spacial score (nSPS) is 14.6. The molecule has 2 N–H and O–H groups in total. The van der Waals surface area contributed by atoms with Crippen LogP contribution in [0.15, 0.2) is 40.7 Å². The van der Waals surface area contributed by atoms with Crippen LogP contribution in [0, 0.1) is 0 Å².